The van der Waals surface area contributed by atoms with E-state index in [1.54, 1.807) is 26.4 Å². The number of rotatable bonds is 8. The molecule has 2 aromatic carbocycles. The van der Waals surface area contributed by atoms with Gasteiger partial charge in [-0.15, -0.1) is 0 Å². The number of benzene rings is 2. The van der Waals surface area contributed by atoms with Gasteiger partial charge in [0.25, 0.3) is 0 Å². The number of carbonyl (C=O) groups excluding carboxylic acids is 1. The number of piperidine rings is 1. The third-order valence-corrected chi connectivity index (χ3v) is 6.17. The van der Waals surface area contributed by atoms with Crippen LogP contribution in [0.4, 0.5) is 4.39 Å². The minimum Gasteiger partial charge on any atom is -0.493 e. The van der Waals surface area contributed by atoms with Gasteiger partial charge in [-0.2, -0.15) is 4.98 Å². The molecule has 180 valence electrons. The maximum absolute atomic E-state index is 13.5. The van der Waals surface area contributed by atoms with Crippen LogP contribution in [0.1, 0.15) is 37.1 Å². The molecule has 2 atom stereocenters. The standard InChI is InChI=1S/C25H29FN4O4/c1-16(24(31)27-14-17-9-10-21(32-2)22(12-17)33-3)30-11-5-7-19(15-30)25-28-23(29-34-25)18-6-4-8-20(26)13-18/h4,6,8-10,12-13,16,19H,5,7,11,14-15H2,1-3H3,(H,27,31). The van der Waals surface area contributed by atoms with Crippen molar-refractivity contribution in [2.45, 2.75) is 38.3 Å². The van der Waals surface area contributed by atoms with E-state index >= 15 is 0 Å². The first kappa shape index (κ1) is 23.7. The molecule has 0 spiro atoms. The van der Waals surface area contributed by atoms with Crippen LogP contribution in [0.3, 0.4) is 0 Å². The molecule has 0 saturated carbocycles. The lowest BCUT2D eigenvalue weighted by molar-refractivity contribution is -0.126. The first-order valence-electron chi connectivity index (χ1n) is 11.3. The number of methoxy groups -OCH3 is 2. The Morgan fingerprint density at radius 1 is 1.24 bits per heavy atom. The van der Waals surface area contributed by atoms with Gasteiger partial charge in [-0.3, -0.25) is 9.69 Å². The third-order valence-electron chi connectivity index (χ3n) is 6.17. The summed E-state index contributed by atoms with van der Waals surface area (Å²) in [6, 6.07) is 11.4. The minimum absolute atomic E-state index is 0.0182. The number of halogens is 1. The molecular formula is C25H29FN4O4. The zero-order chi connectivity index (χ0) is 24.1. The number of ether oxygens (including phenoxy) is 2. The van der Waals surface area contributed by atoms with Crippen molar-refractivity contribution in [1.29, 1.82) is 0 Å². The SMILES string of the molecule is COc1ccc(CNC(=O)C(C)N2CCCC(c3nc(-c4cccc(F)c4)no3)C2)cc1OC. The number of hydrogen-bond acceptors (Lipinski definition) is 7. The van der Waals surface area contributed by atoms with E-state index in [4.69, 9.17) is 14.0 Å². The van der Waals surface area contributed by atoms with E-state index in [-0.39, 0.29) is 23.7 Å². The summed E-state index contributed by atoms with van der Waals surface area (Å²) < 4.78 is 29.6. The van der Waals surface area contributed by atoms with Gasteiger partial charge in [-0.1, -0.05) is 23.4 Å². The fraction of sp³-hybridized carbons (Fsp3) is 0.400. The summed E-state index contributed by atoms with van der Waals surface area (Å²) in [6.45, 7) is 3.74. The summed E-state index contributed by atoms with van der Waals surface area (Å²) in [7, 11) is 3.17. The molecule has 3 aromatic rings. The van der Waals surface area contributed by atoms with Crippen molar-refractivity contribution in [3.63, 3.8) is 0 Å². The second kappa shape index (κ2) is 10.6. The van der Waals surface area contributed by atoms with Gasteiger partial charge in [-0.25, -0.2) is 4.39 Å². The number of hydrogen-bond donors (Lipinski definition) is 1. The van der Waals surface area contributed by atoms with E-state index in [9.17, 15) is 9.18 Å². The number of aromatic nitrogens is 2. The number of carbonyl (C=O) groups is 1. The molecule has 9 heteroatoms. The van der Waals surface area contributed by atoms with Crippen LogP contribution >= 0.6 is 0 Å². The van der Waals surface area contributed by atoms with Crippen LogP contribution in [0.2, 0.25) is 0 Å². The summed E-state index contributed by atoms with van der Waals surface area (Å²) >= 11 is 0. The van der Waals surface area contributed by atoms with Gasteiger partial charge in [0.15, 0.2) is 11.5 Å². The van der Waals surface area contributed by atoms with E-state index in [1.807, 2.05) is 25.1 Å². The molecule has 1 aliphatic rings. The Bertz CT molecular complexity index is 1140. The fourth-order valence-corrected chi connectivity index (χ4v) is 4.20. The van der Waals surface area contributed by atoms with Gasteiger partial charge >= 0.3 is 0 Å². The predicted octanol–water partition coefficient (Wildman–Crippen LogP) is 3.78. The lowest BCUT2D eigenvalue weighted by Gasteiger charge is -2.34. The van der Waals surface area contributed by atoms with E-state index in [1.165, 1.54) is 12.1 Å². The van der Waals surface area contributed by atoms with Crippen molar-refractivity contribution in [2.24, 2.45) is 0 Å². The molecule has 34 heavy (non-hydrogen) atoms. The molecule has 0 aliphatic carbocycles. The van der Waals surface area contributed by atoms with E-state index in [0.29, 0.717) is 41.9 Å². The Balaban J connectivity index is 1.36. The first-order valence-corrected chi connectivity index (χ1v) is 11.3. The molecule has 2 unspecified atom stereocenters. The summed E-state index contributed by atoms with van der Waals surface area (Å²) in [5.41, 5.74) is 1.50. The highest BCUT2D eigenvalue weighted by Gasteiger charge is 2.31. The van der Waals surface area contributed by atoms with Crippen LogP contribution in [-0.4, -0.2) is 54.3 Å². The van der Waals surface area contributed by atoms with E-state index in [2.05, 4.69) is 20.4 Å². The summed E-state index contributed by atoms with van der Waals surface area (Å²) in [6.07, 6.45) is 1.80. The lowest BCUT2D eigenvalue weighted by atomic mass is 9.96. The summed E-state index contributed by atoms with van der Waals surface area (Å²) in [5.74, 6) is 1.77. The number of likely N-dealkylation sites (tertiary alicyclic amines) is 1. The first-order chi connectivity index (χ1) is 16.5. The smallest absolute Gasteiger partial charge is 0.237 e. The van der Waals surface area contributed by atoms with Crippen molar-refractivity contribution >= 4 is 5.91 Å². The molecule has 0 radical (unpaired) electrons. The van der Waals surface area contributed by atoms with Crippen molar-refractivity contribution in [2.75, 3.05) is 27.3 Å². The van der Waals surface area contributed by atoms with Gasteiger partial charge in [-0.05, 0) is 56.1 Å². The molecule has 0 bridgehead atoms. The minimum atomic E-state index is -0.347. The molecule has 1 N–H and O–H groups in total. The van der Waals surface area contributed by atoms with Gasteiger partial charge in [0.2, 0.25) is 17.6 Å². The van der Waals surface area contributed by atoms with Crippen LogP contribution in [0, 0.1) is 5.82 Å². The maximum atomic E-state index is 13.5. The molecule has 1 saturated heterocycles. The molecule has 1 aromatic heterocycles. The molecule has 2 heterocycles. The monoisotopic (exact) mass is 468 g/mol. The van der Waals surface area contributed by atoms with Crippen LogP contribution in [0.15, 0.2) is 47.0 Å². The predicted molar refractivity (Wildman–Crippen MR) is 124 cm³/mol. The van der Waals surface area contributed by atoms with Gasteiger partial charge in [0.1, 0.15) is 5.82 Å². The maximum Gasteiger partial charge on any atom is 0.237 e. The van der Waals surface area contributed by atoms with Crippen molar-refractivity contribution in [3.05, 3.63) is 59.7 Å². The van der Waals surface area contributed by atoms with Gasteiger partial charge in [0, 0.05) is 18.7 Å². The average molecular weight is 469 g/mol. The Kier molecular flexibility index (Phi) is 7.42. The zero-order valence-electron chi connectivity index (χ0n) is 19.6. The van der Waals surface area contributed by atoms with E-state index < -0.39 is 0 Å². The Hall–Kier alpha value is -3.46. The highest BCUT2D eigenvalue weighted by molar-refractivity contribution is 5.81. The topological polar surface area (TPSA) is 89.7 Å². The number of nitrogens with one attached hydrogen (secondary N) is 1. The highest BCUT2D eigenvalue weighted by Crippen LogP contribution is 2.29. The molecule has 1 aliphatic heterocycles. The second-order valence-corrected chi connectivity index (χ2v) is 8.38. The Labute approximate surface area is 198 Å². The summed E-state index contributed by atoms with van der Waals surface area (Å²) in [4.78, 5) is 19.5. The zero-order valence-corrected chi connectivity index (χ0v) is 19.6. The van der Waals surface area contributed by atoms with Crippen LogP contribution < -0.4 is 14.8 Å². The molecule has 1 amide bonds. The number of nitrogens with zero attached hydrogens (tertiary/aromatic N) is 3. The Morgan fingerprint density at radius 3 is 2.82 bits per heavy atom. The lowest BCUT2D eigenvalue weighted by Crippen LogP contribution is -2.48. The van der Waals surface area contributed by atoms with Crippen molar-refractivity contribution < 1.29 is 23.2 Å². The van der Waals surface area contributed by atoms with Crippen LogP contribution in [-0.2, 0) is 11.3 Å². The quantitative estimate of drug-likeness (QED) is 0.538. The van der Waals surface area contributed by atoms with Crippen molar-refractivity contribution in [1.82, 2.24) is 20.4 Å². The van der Waals surface area contributed by atoms with Gasteiger partial charge in [0.05, 0.1) is 26.2 Å². The summed E-state index contributed by atoms with van der Waals surface area (Å²) in [5, 5.41) is 7.03. The second-order valence-electron chi connectivity index (χ2n) is 8.38. The third kappa shape index (κ3) is 5.36. The normalized spacial score (nSPS) is 17.2. The van der Waals surface area contributed by atoms with Crippen molar-refractivity contribution in [3.8, 4) is 22.9 Å². The average Bonchev–Trinajstić information content (AvgIpc) is 3.37. The molecule has 8 nitrogen and oxygen atoms in total. The highest BCUT2D eigenvalue weighted by atomic mass is 19.1. The fourth-order valence-electron chi connectivity index (χ4n) is 4.20. The van der Waals surface area contributed by atoms with Crippen LogP contribution in [0.5, 0.6) is 11.5 Å². The van der Waals surface area contributed by atoms with Crippen LogP contribution in [0.25, 0.3) is 11.4 Å². The molecule has 1 fully saturated rings. The van der Waals surface area contributed by atoms with Gasteiger partial charge < -0.3 is 19.3 Å². The van der Waals surface area contributed by atoms with E-state index in [0.717, 1.165) is 24.9 Å². The Morgan fingerprint density at radius 2 is 2.06 bits per heavy atom. The molecular weight excluding hydrogens is 439 g/mol. The largest absolute Gasteiger partial charge is 0.493 e. The number of amides is 1. The molecule has 4 rings (SSSR count).